The average molecular weight is 303 g/mol. The third kappa shape index (κ3) is 3.44. The van der Waals surface area contributed by atoms with Crippen LogP contribution in [0.15, 0.2) is 12.1 Å². The number of nitrogens with zero attached hydrogens (tertiary/aromatic N) is 2. The molecular formula is C13H16F3N3O2. The highest BCUT2D eigenvalue weighted by Crippen LogP contribution is 2.31. The second kappa shape index (κ2) is 5.88. The van der Waals surface area contributed by atoms with Crippen molar-refractivity contribution in [1.82, 2.24) is 4.98 Å². The van der Waals surface area contributed by atoms with Crippen molar-refractivity contribution in [3.8, 4) is 0 Å². The summed E-state index contributed by atoms with van der Waals surface area (Å²) < 4.78 is 43.6. The van der Waals surface area contributed by atoms with Crippen molar-refractivity contribution >= 4 is 11.7 Å². The third-order valence-electron chi connectivity index (χ3n) is 3.50. The molecule has 1 amide bonds. The molecule has 5 nitrogen and oxygen atoms in total. The molecule has 0 radical (unpaired) electrons. The van der Waals surface area contributed by atoms with E-state index in [0.29, 0.717) is 26.1 Å². The predicted molar refractivity (Wildman–Crippen MR) is 70.0 cm³/mol. The van der Waals surface area contributed by atoms with E-state index in [-0.39, 0.29) is 17.4 Å². The molecule has 1 aliphatic heterocycles. The minimum Gasteiger partial charge on any atom is -0.381 e. The maximum absolute atomic E-state index is 12.8. The standard InChI is InChI=1S/C13H16F3N3O2/c1-19(8-4-6-21-7-5-8)12-9(11(17)20)2-3-10(18-12)13(14,15)16/h2-3,8H,4-7H2,1H3,(H2,17,20). The molecular weight excluding hydrogens is 287 g/mol. The molecule has 0 aromatic carbocycles. The Labute approximate surface area is 119 Å². The number of ether oxygens (including phenoxy) is 1. The van der Waals surface area contributed by atoms with Gasteiger partial charge in [-0.15, -0.1) is 0 Å². The zero-order chi connectivity index (χ0) is 15.6. The molecule has 8 heteroatoms. The monoisotopic (exact) mass is 303 g/mol. The molecule has 0 aliphatic carbocycles. The Morgan fingerprint density at radius 1 is 1.38 bits per heavy atom. The van der Waals surface area contributed by atoms with Crippen LogP contribution in [0, 0.1) is 0 Å². The summed E-state index contributed by atoms with van der Waals surface area (Å²) in [6, 6.07) is 1.80. The van der Waals surface area contributed by atoms with Crippen molar-refractivity contribution < 1.29 is 22.7 Å². The average Bonchev–Trinajstić information content (AvgIpc) is 2.45. The van der Waals surface area contributed by atoms with Crippen molar-refractivity contribution in [1.29, 1.82) is 0 Å². The van der Waals surface area contributed by atoms with E-state index in [0.717, 1.165) is 12.1 Å². The lowest BCUT2D eigenvalue weighted by molar-refractivity contribution is -0.141. The number of pyridine rings is 1. The fourth-order valence-electron chi connectivity index (χ4n) is 2.31. The number of amides is 1. The maximum Gasteiger partial charge on any atom is 0.433 e. The Morgan fingerprint density at radius 3 is 2.52 bits per heavy atom. The van der Waals surface area contributed by atoms with E-state index in [2.05, 4.69) is 4.98 Å². The van der Waals surface area contributed by atoms with Crippen molar-refractivity contribution in [2.45, 2.75) is 25.1 Å². The molecule has 1 aromatic heterocycles. The first-order valence-corrected chi connectivity index (χ1v) is 6.49. The van der Waals surface area contributed by atoms with Crippen LogP contribution in [0.1, 0.15) is 28.9 Å². The van der Waals surface area contributed by atoms with Crippen LogP contribution < -0.4 is 10.6 Å². The van der Waals surface area contributed by atoms with Crippen LogP contribution in [0.25, 0.3) is 0 Å². The third-order valence-corrected chi connectivity index (χ3v) is 3.50. The summed E-state index contributed by atoms with van der Waals surface area (Å²) in [6.45, 7) is 1.06. The Morgan fingerprint density at radius 2 is 2.00 bits per heavy atom. The molecule has 0 bridgehead atoms. The van der Waals surface area contributed by atoms with E-state index >= 15 is 0 Å². The molecule has 2 heterocycles. The number of anilines is 1. The van der Waals surface area contributed by atoms with Crippen molar-refractivity contribution in [3.63, 3.8) is 0 Å². The first-order valence-electron chi connectivity index (χ1n) is 6.49. The summed E-state index contributed by atoms with van der Waals surface area (Å²) in [5.41, 5.74) is 4.17. The Bertz CT molecular complexity index is 528. The SMILES string of the molecule is CN(c1nc(C(F)(F)F)ccc1C(N)=O)C1CCOCC1. The Kier molecular flexibility index (Phi) is 4.36. The van der Waals surface area contributed by atoms with Gasteiger partial charge in [-0.1, -0.05) is 0 Å². The van der Waals surface area contributed by atoms with Crippen LogP contribution in [0.4, 0.5) is 19.0 Å². The van der Waals surface area contributed by atoms with Gasteiger partial charge in [0.1, 0.15) is 11.5 Å². The number of rotatable bonds is 3. The Balaban J connectivity index is 2.40. The second-order valence-electron chi connectivity index (χ2n) is 4.88. The van der Waals surface area contributed by atoms with Gasteiger partial charge in [-0.2, -0.15) is 13.2 Å². The van der Waals surface area contributed by atoms with Crippen LogP contribution in [-0.4, -0.2) is 37.2 Å². The van der Waals surface area contributed by atoms with E-state index in [4.69, 9.17) is 10.5 Å². The molecule has 1 fully saturated rings. The first-order chi connectivity index (χ1) is 9.80. The molecule has 0 spiro atoms. The number of carbonyl (C=O) groups is 1. The van der Waals surface area contributed by atoms with E-state index in [9.17, 15) is 18.0 Å². The van der Waals surface area contributed by atoms with Crippen molar-refractivity contribution in [2.24, 2.45) is 5.73 Å². The van der Waals surface area contributed by atoms with Gasteiger partial charge in [0.05, 0.1) is 5.56 Å². The molecule has 1 aromatic rings. The minimum absolute atomic E-state index is 0.0167. The van der Waals surface area contributed by atoms with Crippen LogP contribution in [0.3, 0.4) is 0 Å². The summed E-state index contributed by atoms with van der Waals surface area (Å²) in [5, 5.41) is 0. The zero-order valence-corrected chi connectivity index (χ0v) is 11.5. The van der Waals surface area contributed by atoms with Crippen molar-refractivity contribution in [3.05, 3.63) is 23.4 Å². The molecule has 21 heavy (non-hydrogen) atoms. The van der Waals surface area contributed by atoms with E-state index in [1.54, 1.807) is 11.9 Å². The normalized spacial score (nSPS) is 16.8. The quantitative estimate of drug-likeness (QED) is 0.924. The van der Waals surface area contributed by atoms with E-state index in [1.165, 1.54) is 0 Å². The lowest BCUT2D eigenvalue weighted by Crippen LogP contribution is -2.38. The topological polar surface area (TPSA) is 68.5 Å². The van der Waals surface area contributed by atoms with Gasteiger partial charge >= 0.3 is 6.18 Å². The number of alkyl halides is 3. The number of primary amides is 1. The van der Waals surface area contributed by atoms with E-state index < -0.39 is 17.8 Å². The molecule has 2 N–H and O–H groups in total. The molecule has 0 unspecified atom stereocenters. The van der Waals surface area contributed by atoms with E-state index in [1.807, 2.05) is 0 Å². The smallest absolute Gasteiger partial charge is 0.381 e. The highest BCUT2D eigenvalue weighted by molar-refractivity contribution is 5.97. The highest BCUT2D eigenvalue weighted by atomic mass is 19.4. The molecule has 1 saturated heterocycles. The lowest BCUT2D eigenvalue weighted by atomic mass is 10.1. The maximum atomic E-state index is 12.8. The largest absolute Gasteiger partial charge is 0.433 e. The number of hydrogen-bond acceptors (Lipinski definition) is 4. The number of hydrogen-bond donors (Lipinski definition) is 1. The second-order valence-corrected chi connectivity index (χ2v) is 4.88. The predicted octanol–water partition coefficient (Wildman–Crippen LogP) is 1.81. The fourth-order valence-corrected chi connectivity index (χ4v) is 2.31. The van der Waals surface area contributed by atoms with Crippen LogP contribution in [0.2, 0.25) is 0 Å². The lowest BCUT2D eigenvalue weighted by Gasteiger charge is -2.33. The molecule has 0 atom stereocenters. The molecule has 1 aliphatic rings. The summed E-state index contributed by atoms with van der Waals surface area (Å²) >= 11 is 0. The van der Waals surface area contributed by atoms with Gasteiger partial charge in [-0.25, -0.2) is 4.98 Å². The molecule has 116 valence electrons. The molecule has 0 saturated carbocycles. The van der Waals surface area contributed by atoms with Gasteiger partial charge in [0.25, 0.3) is 5.91 Å². The van der Waals surface area contributed by atoms with Crippen LogP contribution in [0.5, 0.6) is 0 Å². The van der Waals surface area contributed by atoms with Gasteiger partial charge in [0.15, 0.2) is 0 Å². The fraction of sp³-hybridized carbons (Fsp3) is 0.538. The highest BCUT2D eigenvalue weighted by Gasteiger charge is 2.34. The summed E-state index contributed by atoms with van der Waals surface area (Å²) in [5.74, 6) is -0.839. The molecule has 2 rings (SSSR count). The summed E-state index contributed by atoms with van der Waals surface area (Å²) in [4.78, 5) is 16.6. The van der Waals surface area contributed by atoms with Crippen LogP contribution in [-0.2, 0) is 10.9 Å². The zero-order valence-electron chi connectivity index (χ0n) is 11.5. The van der Waals surface area contributed by atoms with Gasteiger partial charge in [-0.3, -0.25) is 4.79 Å². The van der Waals surface area contributed by atoms with Gasteiger partial charge < -0.3 is 15.4 Å². The number of carbonyl (C=O) groups excluding carboxylic acids is 1. The van der Waals surface area contributed by atoms with Crippen LogP contribution >= 0.6 is 0 Å². The number of nitrogens with two attached hydrogens (primary N) is 1. The number of aromatic nitrogens is 1. The summed E-state index contributed by atoms with van der Waals surface area (Å²) in [7, 11) is 1.62. The van der Waals surface area contributed by atoms with Crippen molar-refractivity contribution in [2.75, 3.05) is 25.2 Å². The van der Waals surface area contributed by atoms with Gasteiger partial charge in [-0.05, 0) is 25.0 Å². The minimum atomic E-state index is -4.57. The number of halogens is 3. The van der Waals surface area contributed by atoms with Gasteiger partial charge in [0, 0.05) is 26.3 Å². The first kappa shape index (κ1) is 15.6. The Hall–Kier alpha value is -1.83. The van der Waals surface area contributed by atoms with Gasteiger partial charge in [0.2, 0.25) is 0 Å². The summed E-state index contributed by atoms with van der Waals surface area (Å²) in [6.07, 6.45) is -3.25.